The maximum absolute atomic E-state index is 11.8. The van der Waals surface area contributed by atoms with Gasteiger partial charge in [0.25, 0.3) is 0 Å². The fourth-order valence-electron chi connectivity index (χ4n) is 1.81. The van der Waals surface area contributed by atoms with E-state index in [0.29, 0.717) is 27.0 Å². The number of amides is 3. The van der Waals surface area contributed by atoms with Crippen LogP contribution in [0.25, 0.3) is 0 Å². The predicted octanol–water partition coefficient (Wildman–Crippen LogP) is 3.82. The van der Waals surface area contributed by atoms with Crippen LogP contribution in [0.5, 0.6) is 0 Å². The van der Waals surface area contributed by atoms with Crippen molar-refractivity contribution in [3.63, 3.8) is 0 Å². The van der Waals surface area contributed by atoms with Gasteiger partial charge in [0.15, 0.2) is 4.34 Å². The molecule has 0 unspecified atom stereocenters. The Morgan fingerprint density at radius 3 is 2.81 bits per heavy atom. The maximum Gasteiger partial charge on any atom is 0.321 e. The second-order valence-electron chi connectivity index (χ2n) is 5.85. The van der Waals surface area contributed by atoms with Gasteiger partial charge in [-0.3, -0.25) is 10.1 Å². The molecule has 0 saturated carbocycles. The molecule has 2 aromatic rings. The molecule has 0 bridgehead atoms. The number of anilines is 2. The Morgan fingerprint density at radius 2 is 2.08 bits per heavy atom. The number of carbonyl (C=O) groups excluding carboxylic acids is 2. The van der Waals surface area contributed by atoms with Gasteiger partial charge in [0.1, 0.15) is 0 Å². The van der Waals surface area contributed by atoms with Crippen LogP contribution < -0.4 is 16.0 Å². The molecule has 1 aromatic heterocycles. The first-order valence-corrected chi connectivity index (χ1v) is 10.1. The molecule has 0 fully saturated rings. The highest BCUT2D eigenvalue weighted by atomic mass is 35.5. The van der Waals surface area contributed by atoms with E-state index in [4.69, 9.17) is 11.6 Å². The average molecular weight is 414 g/mol. The number of rotatable bonds is 7. The summed E-state index contributed by atoms with van der Waals surface area (Å²) in [5, 5.41) is 17.4. The van der Waals surface area contributed by atoms with E-state index in [2.05, 4.69) is 26.1 Å². The van der Waals surface area contributed by atoms with E-state index in [1.807, 2.05) is 39.0 Å². The van der Waals surface area contributed by atoms with Gasteiger partial charge in [0.05, 0.1) is 5.75 Å². The lowest BCUT2D eigenvalue weighted by Gasteiger charge is -2.08. The molecule has 0 radical (unpaired) electrons. The van der Waals surface area contributed by atoms with Crippen LogP contribution in [0.2, 0.25) is 5.02 Å². The molecule has 3 N–H and O–H groups in total. The van der Waals surface area contributed by atoms with Crippen molar-refractivity contribution in [1.82, 2.24) is 20.8 Å². The lowest BCUT2D eigenvalue weighted by atomic mass is 10.2. The second-order valence-corrected chi connectivity index (χ2v) is 8.46. The summed E-state index contributed by atoms with van der Waals surface area (Å²) in [6, 6.07) is 5.08. The second kappa shape index (κ2) is 9.75. The number of halogens is 1. The number of carbonyl (C=O) groups is 2. The summed E-state index contributed by atoms with van der Waals surface area (Å²) in [6.45, 7) is 6.38. The van der Waals surface area contributed by atoms with Crippen LogP contribution >= 0.6 is 34.7 Å². The fraction of sp³-hybridized carbons (Fsp3) is 0.375. The number of hydrogen-bond acceptors (Lipinski definition) is 7. The van der Waals surface area contributed by atoms with Crippen molar-refractivity contribution in [3.05, 3.63) is 28.8 Å². The van der Waals surface area contributed by atoms with E-state index in [-0.39, 0.29) is 11.7 Å². The zero-order valence-electron chi connectivity index (χ0n) is 14.6. The summed E-state index contributed by atoms with van der Waals surface area (Å²) in [6.07, 6.45) is 0. The first kappa shape index (κ1) is 20.5. The number of nitrogens with one attached hydrogen (secondary N) is 3. The van der Waals surface area contributed by atoms with Crippen LogP contribution in [0, 0.1) is 12.8 Å². The smallest absolute Gasteiger partial charge is 0.321 e. The minimum absolute atomic E-state index is 0.0833. The number of aromatic nitrogens is 2. The number of urea groups is 1. The lowest BCUT2D eigenvalue weighted by Crippen LogP contribution is -2.41. The van der Waals surface area contributed by atoms with Crippen LogP contribution in [0.3, 0.4) is 0 Å². The van der Waals surface area contributed by atoms with E-state index < -0.39 is 6.03 Å². The summed E-state index contributed by atoms with van der Waals surface area (Å²) < 4.78 is 0.630. The third-order valence-corrected chi connectivity index (χ3v) is 5.55. The highest BCUT2D eigenvalue weighted by Gasteiger charge is 2.12. The highest BCUT2D eigenvalue weighted by molar-refractivity contribution is 8.01. The van der Waals surface area contributed by atoms with Crippen molar-refractivity contribution >= 4 is 57.5 Å². The molecule has 0 atom stereocenters. The number of imide groups is 1. The summed E-state index contributed by atoms with van der Waals surface area (Å²) in [7, 11) is 0. The zero-order chi connectivity index (χ0) is 19.1. The van der Waals surface area contributed by atoms with Gasteiger partial charge in [-0.25, -0.2) is 4.79 Å². The Kier molecular flexibility index (Phi) is 7.67. The fourth-order valence-corrected chi connectivity index (χ4v) is 3.55. The number of hydrogen-bond donors (Lipinski definition) is 3. The number of nitrogens with zero attached hydrogens (tertiary/aromatic N) is 2. The molecule has 2 rings (SSSR count). The Balaban J connectivity index is 1.82. The molecule has 1 aromatic carbocycles. The Hall–Kier alpha value is -1.84. The summed E-state index contributed by atoms with van der Waals surface area (Å²) >= 11 is 8.64. The summed E-state index contributed by atoms with van der Waals surface area (Å²) in [4.78, 5) is 23.3. The first-order chi connectivity index (χ1) is 12.3. The third-order valence-electron chi connectivity index (χ3n) is 3.17. The highest BCUT2D eigenvalue weighted by Crippen LogP contribution is 2.30. The molecule has 7 nitrogen and oxygen atoms in total. The van der Waals surface area contributed by atoms with Crippen molar-refractivity contribution in [2.24, 2.45) is 5.92 Å². The third kappa shape index (κ3) is 6.47. The quantitative estimate of drug-likeness (QED) is 0.597. The van der Waals surface area contributed by atoms with Gasteiger partial charge in [-0.15, -0.1) is 10.2 Å². The Bertz CT molecular complexity index is 782. The van der Waals surface area contributed by atoms with E-state index in [1.165, 1.54) is 23.1 Å². The van der Waals surface area contributed by atoms with Crippen LogP contribution in [0.15, 0.2) is 22.5 Å². The molecule has 26 heavy (non-hydrogen) atoms. The van der Waals surface area contributed by atoms with Gasteiger partial charge in [0, 0.05) is 17.3 Å². The first-order valence-electron chi connectivity index (χ1n) is 7.91. The molecule has 0 aliphatic heterocycles. The van der Waals surface area contributed by atoms with Crippen LogP contribution in [0.1, 0.15) is 19.4 Å². The molecular formula is C16H20ClN5O2S2. The monoisotopic (exact) mass is 413 g/mol. The minimum atomic E-state index is -0.486. The largest absolute Gasteiger partial charge is 0.338 e. The molecule has 0 spiro atoms. The summed E-state index contributed by atoms with van der Waals surface area (Å²) in [5.41, 5.74) is 1.77. The number of thioether (sulfide) groups is 1. The van der Waals surface area contributed by atoms with Crippen LogP contribution in [-0.2, 0) is 4.79 Å². The van der Waals surface area contributed by atoms with Gasteiger partial charge in [-0.1, -0.05) is 54.6 Å². The van der Waals surface area contributed by atoms with E-state index in [9.17, 15) is 9.59 Å². The van der Waals surface area contributed by atoms with E-state index in [1.54, 1.807) is 0 Å². The average Bonchev–Trinajstić information content (AvgIpc) is 3.03. The van der Waals surface area contributed by atoms with Gasteiger partial charge >= 0.3 is 6.03 Å². The van der Waals surface area contributed by atoms with Crippen LogP contribution in [0.4, 0.5) is 15.6 Å². The van der Waals surface area contributed by atoms with E-state index >= 15 is 0 Å². The predicted molar refractivity (Wildman–Crippen MR) is 106 cm³/mol. The molecule has 0 saturated heterocycles. The van der Waals surface area contributed by atoms with Gasteiger partial charge in [-0.05, 0) is 30.5 Å². The SMILES string of the molecule is Cc1c(Cl)cccc1Nc1nnc(SCC(=O)NC(=O)NCC(C)C)s1. The molecule has 0 aliphatic rings. The maximum atomic E-state index is 11.8. The number of benzene rings is 1. The molecular weight excluding hydrogens is 394 g/mol. The van der Waals surface area contributed by atoms with Gasteiger partial charge in [0.2, 0.25) is 11.0 Å². The lowest BCUT2D eigenvalue weighted by molar-refractivity contribution is -0.117. The normalized spacial score (nSPS) is 10.7. The molecule has 1 heterocycles. The van der Waals surface area contributed by atoms with Gasteiger partial charge in [-0.2, -0.15) is 0 Å². The standard InChI is InChI=1S/C16H20ClN5O2S2/c1-9(2)7-18-14(24)20-13(23)8-25-16-22-21-15(26-16)19-12-6-4-5-11(17)10(12)3/h4-6,9H,7-8H2,1-3H3,(H,19,21)(H2,18,20,23,24). The van der Waals surface area contributed by atoms with Crippen molar-refractivity contribution in [3.8, 4) is 0 Å². The minimum Gasteiger partial charge on any atom is -0.338 e. The Labute approximate surface area is 165 Å². The van der Waals surface area contributed by atoms with Crippen LogP contribution in [-0.4, -0.2) is 34.4 Å². The summed E-state index contributed by atoms with van der Waals surface area (Å²) in [5.74, 6) is 0.0206. The van der Waals surface area contributed by atoms with Crippen molar-refractivity contribution in [2.45, 2.75) is 25.1 Å². The molecule has 140 valence electrons. The molecule has 0 aliphatic carbocycles. The zero-order valence-corrected chi connectivity index (χ0v) is 17.0. The van der Waals surface area contributed by atoms with Crippen molar-refractivity contribution < 1.29 is 9.59 Å². The molecule has 10 heteroatoms. The topological polar surface area (TPSA) is 96.0 Å². The van der Waals surface area contributed by atoms with E-state index in [0.717, 1.165) is 11.3 Å². The Morgan fingerprint density at radius 1 is 1.31 bits per heavy atom. The van der Waals surface area contributed by atoms with Crippen molar-refractivity contribution in [2.75, 3.05) is 17.6 Å². The van der Waals surface area contributed by atoms with Crippen molar-refractivity contribution in [1.29, 1.82) is 0 Å². The van der Waals surface area contributed by atoms with Gasteiger partial charge < -0.3 is 10.6 Å². The molecule has 3 amide bonds.